The standard InChI is InChI=1S/C30H28FN7O2/c1-36-14-11-19(12-15-36)26-17-24(27-28(32)33-18-34-38(26)27)22-10-9-20(16-25(22)31)35-29(39)23-8-5-13-37(30(23)40)21-6-3-2-4-7-21/h2-10,13,16-19H,11-12,14-15H2,1H3,(H,35,39)(H2,32,33,34). The third-order valence-electron chi connectivity index (χ3n) is 7.49. The predicted octanol–water partition coefficient (Wildman–Crippen LogP) is 4.33. The second-order valence-corrected chi connectivity index (χ2v) is 10.0. The van der Waals surface area contributed by atoms with Crippen molar-refractivity contribution in [3.63, 3.8) is 0 Å². The highest BCUT2D eigenvalue weighted by Crippen LogP contribution is 2.37. The number of para-hydroxylation sites is 1. The summed E-state index contributed by atoms with van der Waals surface area (Å²) in [5, 5.41) is 7.10. The lowest BCUT2D eigenvalue weighted by atomic mass is 9.93. The lowest BCUT2D eigenvalue weighted by Gasteiger charge is -2.28. The van der Waals surface area contributed by atoms with E-state index >= 15 is 4.39 Å². The number of carbonyl (C=O) groups is 1. The van der Waals surface area contributed by atoms with Gasteiger partial charge in [-0.05, 0) is 81.5 Å². The molecule has 0 spiro atoms. The van der Waals surface area contributed by atoms with Crippen LogP contribution < -0.4 is 16.6 Å². The summed E-state index contributed by atoms with van der Waals surface area (Å²) in [6.07, 6.45) is 4.94. The zero-order valence-corrected chi connectivity index (χ0v) is 21.9. The van der Waals surface area contributed by atoms with Crippen molar-refractivity contribution in [2.24, 2.45) is 0 Å². The van der Waals surface area contributed by atoms with Crippen molar-refractivity contribution in [2.45, 2.75) is 18.8 Å². The van der Waals surface area contributed by atoms with Gasteiger partial charge in [-0.1, -0.05) is 18.2 Å². The Kier molecular flexibility index (Phi) is 6.61. The molecule has 1 saturated heterocycles. The molecule has 1 aliphatic rings. The first-order chi connectivity index (χ1) is 19.4. The average Bonchev–Trinajstić information content (AvgIpc) is 3.35. The van der Waals surface area contributed by atoms with Gasteiger partial charge in [0.1, 0.15) is 23.2 Å². The van der Waals surface area contributed by atoms with E-state index in [4.69, 9.17) is 5.73 Å². The Balaban J connectivity index is 1.31. The minimum absolute atomic E-state index is 0.0537. The Bertz CT molecular complexity index is 1770. The molecule has 0 unspecified atom stereocenters. The fraction of sp³-hybridized carbons (Fsp3) is 0.200. The maximum atomic E-state index is 15.6. The molecule has 0 aliphatic carbocycles. The van der Waals surface area contributed by atoms with E-state index in [0.717, 1.165) is 31.6 Å². The monoisotopic (exact) mass is 537 g/mol. The second-order valence-electron chi connectivity index (χ2n) is 10.0. The predicted molar refractivity (Wildman–Crippen MR) is 152 cm³/mol. The number of nitrogen functional groups attached to an aromatic ring is 1. The number of rotatable bonds is 5. The van der Waals surface area contributed by atoms with Crippen LogP contribution in [0.4, 0.5) is 15.9 Å². The molecule has 10 heteroatoms. The van der Waals surface area contributed by atoms with Crippen LogP contribution in [0.2, 0.25) is 0 Å². The first-order valence-corrected chi connectivity index (χ1v) is 13.1. The Hall–Kier alpha value is -4.83. The van der Waals surface area contributed by atoms with Crippen LogP contribution in [-0.4, -0.2) is 50.1 Å². The van der Waals surface area contributed by atoms with Crippen LogP contribution >= 0.6 is 0 Å². The molecule has 2 aromatic carbocycles. The maximum Gasteiger partial charge on any atom is 0.267 e. The van der Waals surface area contributed by atoms with Crippen molar-refractivity contribution in [2.75, 3.05) is 31.2 Å². The third kappa shape index (κ3) is 4.62. The van der Waals surface area contributed by atoms with Crippen molar-refractivity contribution in [1.82, 2.24) is 24.1 Å². The van der Waals surface area contributed by atoms with Crippen LogP contribution in [0, 0.1) is 5.82 Å². The first kappa shape index (κ1) is 25.4. The minimum Gasteiger partial charge on any atom is -0.382 e. The van der Waals surface area contributed by atoms with E-state index in [1.165, 1.54) is 23.0 Å². The van der Waals surface area contributed by atoms with Crippen molar-refractivity contribution in [3.8, 4) is 16.8 Å². The van der Waals surface area contributed by atoms with Gasteiger partial charge in [0.25, 0.3) is 11.5 Å². The van der Waals surface area contributed by atoms with Gasteiger partial charge in [0.05, 0.1) is 0 Å². The molecule has 3 N–H and O–H groups in total. The quantitative estimate of drug-likeness (QED) is 0.345. The number of piperidine rings is 1. The summed E-state index contributed by atoms with van der Waals surface area (Å²) in [4.78, 5) is 32.5. The van der Waals surface area contributed by atoms with Gasteiger partial charge in [-0.25, -0.2) is 13.9 Å². The van der Waals surface area contributed by atoms with Gasteiger partial charge in [0.2, 0.25) is 0 Å². The largest absolute Gasteiger partial charge is 0.382 e. The van der Waals surface area contributed by atoms with Crippen molar-refractivity contribution < 1.29 is 9.18 Å². The van der Waals surface area contributed by atoms with Gasteiger partial charge in [-0.15, -0.1) is 0 Å². The van der Waals surface area contributed by atoms with Crippen molar-refractivity contribution in [1.29, 1.82) is 0 Å². The van der Waals surface area contributed by atoms with Crippen molar-refractivity contribution >= 4 is 22.9 Å². The number of pyridine rings is 1. The first-order valence-electron chi connectivity index (χ1n) is 13.1. The van der Waals surface area contributed by atoms with Crippen LogP contribution in [0.3, 0.4) is 0 Å². The van der Waals surface area contributed by atoms with Crippen LogP contribution in [0.15, 0.2) is 84.0 Å². The number of amides is 1. The molecule has 5 aromatic rings. The number of carbonyl (C=O) groups excluding carboxylic acids is 1. The summed E-state index contributed by atoms with van der Waals surface area (Å²) in [5.41, 5.74) is 9.03. The van der Waals surface area contributed by atoms with E-state index in [1.807, 2.05) is 24.3 Å². The number of nitrogens with two attached hydrogens (primary N) is 1. The highest BCUT2D eigenvalue weighted by atomic mass is 19.1. The summed E-state index contributed by atoms with van der Waals surface area (Å²) in [7, 11) is 2.10. The summed E-state index contributed by atoms with van der Waals surface area (Å²) < 4.78 is 18.8. The topological polar surface area (TPSA) is 111 Å². The molecule has 3 aromatic heterocycles. The molecule has 1 amide bonds. The highest BCUT2D eigenvalue weighted by Gasteiger charge is 2.26. The molecule has 1 aliphatic heterocycles. The van der Waals surface area contributed by atoms with Crippen LogP contribution in [0.25, 0.3) is 22.3 Å². The Morgan fingerprint density at radius 2 is 1.80 bits per heavy atom. The van der Waals surface area contributed by atoms with Gasteiger partial charge in [-0.3, -0.25) is 14.2 Å². The van der Waals surface area contributed by atoms with Gasteiger partial charge < -0.3 is 16.0 Å². The van der Waals surface area contributed by atoms with Gasteiger partial charge in [0, 0.05) is 40.3 Å². The second kappa shape index (κ2) is 10.4. The number of nitrogens with zero attached hydrogens (tertiary/aromatic N) is 5. The molecular formula is C30H28FN7O2. The SMILES string of the molecule is CN1CCC(c2cc(-c3ccc(NC(=O)c4cccn(-c5ccccc5)c4=O)cc3F)c3c(N)ncnn23)CC1. The number of hydrogen-bond donors (Lipinski definition) is 2. The number of halogens is 1. The van der Waals surface area contributed by atoms with E-state index < -0.39 is 17.3 Å². The molecule has 1 fully saturated rings. The van der Waals surface area contributed by atoms with Gasteiger partial charge in [-0.2, -0.15) is 5.10 Å². The van der Waals surface area contributed by atoms with Gasteiger partial charge >= 0.3 is 0 Å². The van der Waals surface area contributed by atoms with E-state index in [1.54, 1.807) is 41.0 Å². The zero-order valence-electron chi connectivity index (χ0n) is 21.9. The molecule has 6 rings (SSSR count). The molecule has 9 nitrogen and oxygen atoms in total. The number of aromatic nitrogens is 4. The Morgan fingerprint density at radius 1 is 1.02 bits per heavy atom. The van der Waals surface area contributed by atoms with Crippen LogP contribution in [0.1, 0.15) is 34.8 Å². The molecular weight excluding hydrogens is 509 g/mol. The Labute approximate surface area is 229 Å². The van der Waals surface area contributed by atoms with Crippen LogP contribution in [-0.2, 0) is 0 Å². The number of fused-ring (bicyclic) bond motifs is 1. The smallest absolute Gasteiger partial charge is 0.267 e. The van der Waals surface area contributed by atoms with E-state index in [-0.39, 0.29) is 23.0 Å². The normalized spacial score (nSPS) is 14.4. The summed E-state index contributed by atoms with van der Waals surface area (Å²) in [5.74, 6) is -0.643. The average molecular weight is 538 g/mol. The lowest BCUT2D eigenvalue weighted by Crippen LogP contribution is -2.29. The Morgan fingerprint density at radius 3 is 2.55 bits per heavy atom. The molecule has 0 saturated carbocycles. The summed E-state index contributed by atoms with van der Waals surface area (Å²) in [6.45, 7) is 1.93. The number of likely N-dealkylation sites (tertiary alicyclic amines) is 1. The fourth-order valence-electron chi connectivity index (χ4n) is 5.36. The van der Waals surface area contributed by atoms with E-state index in [9.17, 15) is 9.59 Å². The number of nitrogens with one attached hydrogen (secondary N) is 1. The number of benzene rings is 2. The molecule has 4 heterocycles. The number of anilines is 2. The molecule has 40 heavy (non-hydrogen) atoms. The molecule has 0 atom stereocenters. The van der Waals surface area contributed by atoms with Crippen molar-refractivity contribution in [3.05, 3.63) is 107 Å². The summed E-state index contributed by atoms with van der Waals surface area (Å²) in [6, 6.07) is 18.5. The molecule has 202 valence electrons. The molecule has 0 radical (unpaired) electrons. The zero-order chi connectivity index (χ0) is 27.8. The summed E-state index contributed by atoms with van der Waals surface area (Å²) >= 11 is 0. The maximum absolute atomic E-state index is 15.6. The fourth-order valence-corrected chi connectivity index (χ4v) is 5.36. The molecule has 0 bridgehead atoms. The van der Waals surface area contributed by atoms with E-state index in [0.29, 0.717) is 22.3 Å². The number of hydrogen-bond acceptors (Lipinski definition) is 6. The minimum atomic E-state index is -0.626. The highest BCUT2D eigenvalue weighted by molar-refractivity contribution is 6.04. The van der Waals surface area contributed by atoms with E-state index in [2.05, 4.69) is 27.3 Å². The lowest BCUT2D eigenvalue weighted by molar-refractivity contribution is 0.102. The van der Waals surface area contributed by atoms with Gasteiger partial charge in [0.15, 0.2) is 5.82 Å². The third-order valence-corrected chi connectivity index (χ3v) is 7.49. The van der Waals surface area contributed by atoms with Crippen LogP contribution in [0.5, 0.6) is 0 Å².